The molecular weight excluding hydrogens is 1440 g/mol. The minimum Gasteiger partial charge on any atom is -0.444 e. The monoisotopic (exact) mass is 1520 g/mol. The number of pyridine rings is 2. The molecule has 32 heteroatoms. The minimum absolute atomic E-state index is 0.0504. The van der Waals surface area contributed by atoms with E-state index in [9.17, 15) is 44.4 Å². The summed E-state index contributed by atoms with van der Waals surface area (Å²) in [5.74, 6) is 2.19. The first-order valence-electron chi connectivity index (χ1n) is 33.7. The van der Waals surface area contributed by atoms with Crippen LogP contribution in [0.3, 0.4) is 0 Å². The van der Waals surface area contributed by atoms with Crippen molar-refractivity contribution in [2.75, 3.05) is 49.1 Å². The van der Waals surface area contributed by atoms with Crippen LogP contribution in [-0.4, -0.2) is 157 Å². The molecule has 12 aromatic rings. The van der Waals surface area contributed by atoms with E-state index in [1.807, 2.05) is 114 Å². The van der Waals surface area contributed by atoms with Crippen molar-refractivity contribution in [1.29, 1.82) is 0 Å². The zero-order valence-corrected chi connectivity index (χ0v) is 63.6. The highest BCUT2D eigenvalue weighted by molar-refractivity contribution is 7.91. The predicted octanol–water partition coefficient (Wildman–Crippen LogP) is 10.7. The molecule has 26 nitrogen and oxygen atoms in total. The first-order chi connectivity index (χ1) is 48.4. The number of hydrogen-bond acceptors (Lipinski definition) is 16. The van der Waals surface area contributed by atoms with E-state index in [4.69, 9.17) is 54.5 Å². The summed E-state index contributed by atoms with van der Waals surface area (Å²) < 4.78 is 91.9. The molecular formula is C71H82Cl3N15O11S3. The molecule has 4 aromatic carbocycles. The van der Waals surface area contributed by atoms with E-state index >= 15 is 0 Å². The molecule has 0 radical (unpaired) electrons. The smallest absolute Gasteiger partial charge is 0.410 e. The Morgan fingerprint density at radius 2 is 0.903 bits per heavy atom. The van der Waals surface area contributed by atoms with Gasteiger partial charge in [-0.1, -0.05) is 46.9 Å². The van der Waals surface area contributed by atoms with Gasteiger partial charge in [0.15, 0.2) is 0 Å². The van der Waals surface area contributed by atoms with Crippen molar-refractivity contribution in [3.8, 4) is 0 Å². The van der Waals surface area contributed by atoms with Crippen molar-refractivity contribution in [2.45, 2.75) is 143 Å². The maximum absolute atomic E-state index is 13.8. The second kappa shape index (κ2) is 28.5. The topological polar surface area (TPSA) is 292 Å². The van der Waals surface area contributed by atoms with E-state index in [1.54, 1.807) is 88.9 Å². The van der Waals surface area contributed by atoms with Gasteiger partial charge in [-0.3, -0.25) is 37.4 Å². The molecule has 0 N–H and O–H groups in total. The standard InChI is InChI=1S/C27H32ClN5O5S.C22H24ClN5O3S.C22H26ClN5O3S/c1-27(2,3)38-26(35)30-15-19(16-30)33-23-9-6-5-8-22(23)32(25(33)34)17-24-29-20-14-18(28)10-11-21(20)31(24)12-7-13-39(4,36)37;1-22(7-8-22)28-18-6-9-24-13-19(18)27(21(28)29)14-20-25-16-12-15(23)4-5-17(16)26(20)10-3-11-32(2,30)31;1-22(2,3)28-18-8-9-24-13-19(18)27(21(28)29)14-20-25-16-12-15(23)6-7-17(16)26(20)10-5-11-32(4,30)31/h5-6,8-11,14,19H,7,12-13,15-17H2,1-4H3;4-6,9,12-13H,3,7-8,10-11,14H2,1-2H3;6-9,12-13H,5,10-11,14H2,1-4H3. The van der Waals surface area contributed by atoms with Gasteiger partial charge in [0, 0.05) is 90.0 Å². The highest BCUT2D eigenvalue weighted by Gasteiger charge is 2.43. The van der Waals surface area contributed by atoms with Crippen molar-refractivity contribution >= 4 is 137 Å². The number of sulfone groups is 3. The number of benzene rings is 4. The molecule has 2 fully saturated rings. The lowest BCUT2D eigenvalue weighted by atomic mass is 10.1. The van der Waals surface area contributed by atoms with Gasteiger partial charge in [0.1, 0.15) is 52.6 Å². The first kappa shape index (κ1) is 74.1. The number of amides is 1. The fourth-order valence-corrected chi connectivity index (χ4v) is 15.8. The van der Waals surface area contributed by atoms with Crippen molar-refractivity contribution in [2.24, 2.45) is 0 Å². The molecule has 103 heavy (non-hydrogen) atoms. The van der Waals surface area contributed by atoms with E-state index in [0.29, 0.717) is 95.6 Å². The molecule has 1 aliphatic heterocycles. The predicted molar refractivity (Wildman–Crippen MR) is 403 cm³/mol. The molecule has 2 aliphatic rings. The molecule has 546 valence electrons. The molecule has 0 atom stereocenters. The van der Waals surface area contributed by atoms with Crippen LogP contribution in [-0.2, 0) is 84.6 Å². The number of imidazole rings is 6. The number of aryl methyl sites for hydroxylation is 3. The molecule has 8 aromatic heterocycles. The number of halogens is 3. The van der Waals surface area contributed by atoms with Gasteiger partial charge < -0.3 is 23.3 Å². The number of para-hydroxylation sites is 2. The summed E-state index contributed by atoms with van der Waals surface area (Å²) >= 11 is 18.6. The Kier molecular flexibility index (Phi) is 20.5. The number of nitrogens with zero attached hydrogens (tertiary/aromatic N) is 15. The summed E-state index contributed by atoms with van der Waals surface area (Å²) in [5.41, 5.74) is 7.75. The Morgan fingerprint density at radius 3 is 1.31 bits per heavy atom. The van der Waals surface area contributed by atoms with E-state index in [-0.39, 0.29) is 65.5 Å². The number of likely N-dealkylation sites (tertiary alicyclic amines) is 1. The molecule has 14 rings (SSSR count). The second-order valence-corrected chi connectivity index (χ2v) is 37.0. The second-order valence-electron chi connectivity index (χ2n) is 29.0. The van der Waals surface area contributed by atoms with Gasteiger partial charge in [-0.25, -0.2) is 59.4 Å². The summed E-state index contributed by atoms with van der Waals surface area (Å²) in [6, 6.07) is 27.4. The average Bonchev–Trinajstić information content (AvgIpc) is 1.58. The van der Waals surface area contributed by atoms with Crippen molar-refractivity contribution in [3.05, 3.63) is 180 Å². The van der Waals surface area contributed by atoms with Gasteiger partial charge in [-0.05, 0) is 159 Å². The van der Waals surface area contributed by atoms with Gasteiger partial charge >= 0.3 is 23.2 Å². The summed E-state index contributed by atoms with van der Waals surface area (Å²) in [4.78, 5) is 77.5. The highest BCUT2D eigenvalue weighted by atomic mass is 35.5. The number of rotatable bonds is 20. The first-order valence-corrected chi connectivity index (χ1v) is 41.0. The van der Waals surface area contributed by atoms with Crippen molar-refractivity contribution < 1.29 is 34.8 Å². The van der Waals surface area contributed by atoms with Crippen LogP contribution in [0.4, 0.5) is 4.79 Å². The van der Waals surface area contributed by atoms with E-state index in [2.05, 4.69) is 16.9 Å². The molecule has 1 aliphatic carbocycles. The van der Waals surface area contributed by atoms with E-state index in [1.165, 1.54) is 18.8 Å². The molecule has 0 unspecified atom stereocenters. The Bertz CT molecular complexity index is 5620. The molecule has 9 heterocycles. The fraction of sp³-hybridized carbons (Fsp3) is 0.423. The summed E-state index contributed by atoms with van der Waals surface area (Å²) in [7, 11) is -9.27. The third kappa shape index (κ3) is 16.4. The maximum atomic E-state index is 13.8. The minimum atomic E-state index is -3.12. The third-order valence-electron chi connectivity index (χ3n) is 18.4. The van der Waals surface area contributed by atoms with Crippen LogP contribution in [0.15, 0.2) is 130 Å². The van der Waals surface area contributed by atoms with Crippen LogP contribution in [0, 0.1) is 0 Å². The molecule has 0 spiro atoms. The van der Waals surface area contributed by atoms with Crippen LogP contribution >= 0.6 is 34.8 Å². The average molecular weight is 1520 g/mol. The lowest BCUT2D eigenvalue weighted by Crippen LogP contribution is -2.54. The number of ether oxygens (including phenoxy) is 1. The molecule has 1 saturated carbocycles. The number of carbonyl (C=O) groups excluding carboxylic acids is 1. The number of hydrogen-bond donors (Lipinski definition) is 0. The molecule has 1 saturated heterocycles. The van der Waals surface area contributed by atoms with Gasteiger partial charge in [0.2, 0.25) is 0 Å². The van der Waals surface area contributed by atoms with Crippen LogP contribution in [0.2, 0.25) is 15.1 Å². The van der Waals surface area contributed by atoms with Crippen LogP contribution in [0.5, 0.6) is 0 Å². The Hall–Kier alpha value is -8.61. The maximum Gasteiger partial charge on any atom is 0.410 e. The van der Waals surface area contributed by atoms with Crippen LogP contribution in [0.25, 0.3) is 66.2 Å². The van der Waals surface area contributed by atoms with Gasteiger partial charge in [0.05, 0.1) is 122 Å². The Balaban J connectivity index is 0.000000147. The third-order valence-corrected chi connectivity index (χ3v) is 22.1. The van der Waals surface area contributed by atoms with Crippen LogP contribution in [0.1, 0.15) is 104 Å². The summed E-state index contributed by atoms with van der Waals surface area (Å²) in [5, 5.41) is 1.68. The van der Waals surface area contributed by atoms with E-state index < -0.39 is 46.7 Å². The lowest BCUT2D eigenvalue weighted by Gasteiger charge is -2.40. The molecule has 0 bridgehead atoms. The van der Waals surface area contributed by atoms with Crippen molar-refractivity contribution in [1.82, 2.24) is 70.9 Å². The Labute approximate surface area is 609 Å². The van der Waals surface area contributed by atoms with Gasteiger partial charge in [-0.15, -0.1) is 0 Å². The number of fused-ring (bicyclic) bond motifs is 6. The van der Waals surface area contributed by atoms with Gasteiger partial charge in [0.25, 0.3) is 0 Å². The zero-order chi connectivity index (χ0) is 74.0. The quantitative estimate of drug-likeness (QED) is 0.0685. The Morgan fingerprint density at radius 1 is 0.505 bits per heavy atom. The van der Waals surface area contributed by atoms with Crippen molar-refractivity contribution in [3.63, 3.8) is 0 Å². The molecule has 1 amide bonds. The zero-order valence-electron chi connectivity index (χ0n) is 58.9. The fourth-order valence-electron chi connectivity index (χ4n) is 13.4. The normalized spacial score (nSPS) is 14.4. The highest BCUT2D eigenvalue weighted by Crippen LogP contribution is 2.44. The lowest BCUT2D eigenvalue weighted by molar-refractivity contribution is 0.00107. The number of carbonyl (C=O) groups is 1. The SMILES string of the molecule is CC(C)(C)OC(=O)N1CC(n2c(=O)n(Cc3nc4cc(Cl)ccc4n3CCCS(C)(=O)=O)c3ccccc32)C1.CC(C)(C)n1c(=O)n(Cc2nc3cc(Cl)ccc3n2CCCS(C)(=O)=O)c2cnccc21.CC1(n2c(=O)n(Cc3nc4cc(Cl)ccc4n3CCCS(C)(=O)=O)c3cnccc32)CC1. The largest absolute Gasteiger partial charge is 0.444 e. The van der Waals surface area contributed by atoms with E-state index in [0.717, 1.165) is 68.0 Å². The summed E-state index contributed by atoms with van der Waals surface area (Å²) in [6.45, 7) is 16.3. The van der Waals surface area contributed by atoms with Gasteiger partial charge in [-0.2, -0.15) is 0 Å². The van der Waals surface area contributed by atoms with Crippen LogP contribution < -0.4 is 17.1 Å². The summed E-state index contributed by atoms with van der Waals surface area (Å²) in [6.07, 6.45) is 13.3. The number of aromatic nitrogens is 14.